The van der Waals surface area contributed by atoms with Crippen molar-refractivity contribution < 1.29 is 9.84 Å². The van der Waals surface area contributed by atoms with Crippen LogP contribution in [-0.2, 0) is 0 Å². The first kappa shape index (κ1) is 15.1. The maximum atomic E-state index is 9.45. The van der Waals surface area contributed by atoms with Crippen molar-refractivity contribution in [3.05, 3.63) is 23.8 Å². The maximum Gasteiger partial charge on any atom is 0.127 e. The van der Waals surface area contributed by atoms with Gasteiger partial charge in [-0.1, -0.05) is 0 Å². The molecule has 1 atom stereocenters. The molecule has 0 amide bonds. The van der Waals surface area contributed by atoms with Gasteiger partial charge >= 0.3 is 0 Å². The lowest BCUT2D eigenvalue weighted by Gasteiger charge is -2.30. The van der Waals surface area contributed by atoms with Gasteiger partial charge in [0.1, 0.15) is 18.1 Å². The highest BCUT2D eigenvalue weighted by atomic mass is 16.5. The van der Waals surface area contributed by atoms with Gasteiger partial charge in [0.15, 0.2) is 0 Å². The highest BCUT2D eigenvalue weighted by Crippen LogP contribution is 2.34. The van der Waals surface area contributed by atoms with Gasteiger partial charge in [0.05, 0.1) is 6.04 Å². The number of hydrogen-bond donors (Lipinski definition) is 2. The van der Waals surface area contributed by atoms with E-state index in [-0.39, 0.29) is 11.8 Å². The Labute approximate surface area is 121 Å². The average Bonchev–Trinajstić information content (AvgIpc) is 2.76. The molecule has 1 aromatic carbocycles. The van der Waals surface area contributed by atoms with Crippen LogP contribution < -0.4 is 10.1 Å². The SMILES string of the molecule is CC(C)N(CCNC1COc2cc(O)ccc21)C(C)C. The molecule has 0 aromatic heterocycles. The molecular formula is C16H26N2O2. The van der Waals surface area contributed by atoms with E-state index in [1.54, 1.807) is 12.1 Å². The van der Waals surface area contributed by atoms with E-state index in [9.17, 15) is 5.11 Å². The van der Waals surface area contributed by atoms with Crippen LogP contribution in [0.5, 0.6) is 11.5 Å². The molecular weight excluding hydrogens is 252 g/mol. The molecule has 0 spiro atoms. The minimum Gasteiger partial charge on any atom is -0.508 e. The molecule has 4 nitrogen and oxygen atoms in total. The van der Waals surface area contributed by atoms with Crippen molar-refractivity contribution in [2.45, 2.75) is 45.8 Å². The molecule has 1 aliphatic rings. The van der Waals surface area contributed by atoms with Crippen LogP contribution in [0.1, 0.15) is 39.3 Å². The van der Waals surface area contributed by atoms with Gasteiger partial charge in [0.25, 0.3) is 0 Å². The largest absolute Gasteiger partial charge is 0.508 e. The average molecular weight is 278 g/mol. The van der Waals surface area contributed by atoms with Gasteiger partial charge in [-0.15, -0.1) is 0 Å². The van der Waals surface area contributed by atoms with E-state index in [4.69, 9.17) is 4.74 Å². The lowest BCUT2D eigenvalue weighted by molar-refractivity contribution is 0.172. The standard InChI is InChI=1S/C16H26N2O2/c1-11(2)18(12(3)4)8-7-17-15-10-20-16-9-13(19)5-6-14(15)16/h5-6,9,11-12,15,17,19H,7-8,10H2,1-4H3. The molecule has 4 heteroatoms. The van der Waals surface area contributed by atoms with Crippen LogP contribution in [-0.4, -0.2) is 41.8 Å². The molecule has 1 aliphatic heterocycles. The summed E-state index contributed by atoms with van der Waals surface area (Å²) in [5, 5.41) is 13.0. The summed E-state index contributed by atoms with van der Waals surface area (Å²) in [7, 11) is 0. The molecule has 1 aromatic rings. The Balaban J connectivity index is 1.88. The number of fused-ring (bicyclic) bond motifs is 1. The van der Waals surface area contributed by atoms with Crippen molar-refractivity contribution in [2.75, 3.05) is 19.7 Å². The third-order valence-electron chi connectivity index (χ3n) is 3.87. The van der Waals surface area contributed by atoms with Crippen LogP contribution in [0, 0.1) is 0 Å². The summed E-state index contributed by atoms with van der Waals surface area (Å²) >= 11 is 0. The number of aromatic hydroxyl groups is 1. The fourth-order valence-electron chi connectivity index (χ4n) is 2.85. The van der Waals surface area contributed by atoms with Crippen molar-refractivity contribution in [2.24, 2.45) is 0 Å². The van der Waals surface area contributed by atoms with Gasteiger partial charge < -0.3 is 15.2 Å². The molecule has 0 radical (unpaired) electrons. The van der Waals surface area contributed by atoms with Crippen LogP contribution in [0.3, 0.4) is 0 Å². The topological polar surface area (TPSA) is 44.7 Å². The first-order valence-electron chi connectivity index (χ1n) is 7.44. The highest BCUT2D eigenvalue weighted by molar-refractivity contribution is 5.44. The van der Waals surface area contributed by atoms with Crippen molar-refractivity contribution in [3.63, 3.8) is 0 Å². The minimum absolute atomic E-state index is 0.228. The normalized spacial score (nSPS) is 17.9. The van der Waals surface area contributed by atoms with E-state index in [1.807, 2.05) is 6.07 Å². The molecule has 0 bridgehead atoms. The smallest absolute Gasteiger partial charge is 0.127 e. The lowest BCUT2D eigenvalue weighted by Crippen LogP contribution is -2.42. The number of benzene rings is 1. The highest BCUT2D eigenvalue weighted by Gasteiger charge is 2.24. The van der Waals surface area contributed by atoms with E-state index in [0.717, 1.165) is 24.4 Å². The van der Waals surface area contributed by atoms with Gasteiger partial charge in [-0.3, -0.25) is 4.90 Å². The summed E-state index contributed by atoms with van der Waals surface area (Å²) in [5.74, 6) is 1.06. The molecule has 1 heterocycles. The zero-order valence-electron chi connectivity index (χ0n) is 12.9. The summed E-state index contributed by atoms with van der Waals surface area (Å²) in [6, 6.07) is 6.69. The van der Waals surface area contributed by atoms with Crippen LogP contribution in [0.4, 0.5) is 0 Å². The number of ether oxygens (including phenoxy) is 1. The number of nitrogens with zero attached hydrogens (tertiary/aromatic N) is 1. The Morgan fingerprint density at radius 3 is 2.65 bits per heavy atom. The molecule has 2 rings (SSSR count). The summed E-state index contributed by atoms with van der Waals surface area (Å²) in [4.78, 5) is 2.47. The van der Waals surface area contributed by atoms with Crippen molar-refractivity contribution in [1.82, 2.24) is 10.2 Å². The Bertz CT molecular complexity index is 438. The third-order valence-corrected chi connectivity index (χ3v) is 3.87. The quantitative estimate of drug-likeness (QED) is 0.839. The van der Waals surface area contributed by atoms with Gasteiger partial charge in [0.2, 0.25) is 0 Å². The fourth-order valence-corrected chi connectivity index (χ4v) is 2.85. The molecule has 0 fully saturated rings. The van der Waals surface area contributed by atoms with Gasteiger partial charge in [-0.05, 0) is 39.8 Å². The van der Waals surface area contributed by atoms with Crippen molar-refractivity contribution in [1.29, 1.82) is 0 Å². The van der Waals surface area contributed by atoms with Gasteiger partial charge in [-0.2, -0.15) is 0 Å². The molecule has 0 aliphatic carbocycles. The van der Waals surface area contributed by atoms with Crippen LogP contribution in [0.25, 0.3) is 0 Å². The second kappa shape index (κ2) is 6.46. The van der Waals surface area contributed by atoms with Crippen LogP contribution in [0.15, 0.2) is 18.2 Å². The molecule has 0 saturated carbocycles. The van der Waals surface area contributed by atoms with E-state index in [2.05, 4.69) is 37.9 Å². The molecule has 112 valence electrons. The summed E-state index contributed by atoms with van der Waals surface area (Å²) in [5.41, 5.74) is 1.14. The second-order valence-corrected chi connectivity index (χ2v) is 5.97. The molecule has 2 N–H and O–H groups in total. The zero-order chi connectivity index (χ0) is 14.7. The summed E-state index contributed by atoms with van der Waals surface area (Å²) in [6.45, 7) is 11.5. The molecule has 20 heavy (non-hydrogen) atoms. The number of phenols is 1. The van der Waals surface area contributed by atoms with Crippen molar-refractivity contribution in [3.8, 4) is 11.5 Å². The Hall–Kier alpha value is -1.26. The van der Waals surface area contributed by atoms with Crippen molar-refractivity contribution >= 4 is 0 Å². The Morgan fingerprint density at radius 1 is 1.30 bits per heavy atom. The third kappa shape index (κ3) is 3.44. The first-order valence-corrected chi connectivity index (χ1v) is 7.44. The van der Waals surface area contributed by atoms with E-state index >= 15 is 0 Å². The maximum absolute atomic E-state index is 9.45. The minimum atomic E-state index is 0.228. The lowest BCUT2D eigenvalue weighted by atomic mass is 10.1. The van der Waals surface area contributed by atoms with Gasteiger partial charge in [-0.25, -0.2) is 0 Å². The zero-order valence-corrected chi connectivity index (χ0v) is 12.9. The van der Waals surface area contributed by atoms with E-state index < -0.39 is 0 Å². The Morgan fingerprint density at radius 2 is 2.00 bits per heavy atom. The monoisotopic (exact) mass is 278 g/mol. The summed E-state index contributed by atoms with van der Waals surface area (Å²) in [6.07, 6.45) is 0. The summed E-state index contributed by atoms with van der Waals surface area (Å²) < 4.78 is 5.61. The predicted molar refractivity (Wildman–Crippen MR) is 81.3 cm³/mol. The number of phenolic OH excluding ortho intramolecular Hbond substituents is 1. The first-order chi connectivity index (χ1) is 9.49. The van der Waals surface area contributed by atoms with Crippen LogP contribution in [0.2, 0.25) is 0 Å². The van der Waals surface area contributed by atoms with Gasteiger partial charge in [0, 0.05) is 36.8 Å². The van der Waals surface area contributed by atoms with Crippen LogP contribution >= 0.6 is 0 Å². The fraction of sp³-hybridized carbons (Fsp3) is 0.625. The van der Waals surface area contributed by atoms with E-state index in [1.165, 1.54) is 0 Å². The van der Waals surface area contributed by atoms with E-state index in [0.29, 0.717) is 18.7 Å². The predicted octanol–water partition coefficient (Wildman–Crippen LogP) is 2.53. The number of hydrogen-bond acceptors (Lipinski definition) is 4. The second-order valence-electron chi connectivity index (χ2n) is 5.97. The number of rotatable bonds is 6. The number of nitrogens with one attached hydrogen (secondary N) is 1. The Kier molecular flexibility index (Phi) is 4.89. The molecule has 0 saturated heterocycles. The molecule has 1 unspecified atom stereocenters.